The van der Waals surface area contributed by atoms with Gasteiger partial charge in [0.25, 0.3) is 0 Å². The highest BCUT2D eigenvalue weighted by molar-refractivity contribution is 5.85. The molecule has 1 aliphatic carbocycles. The molecule has 0 saturated carbocycles. The number of benzene rings is 2. The molecule has 1 aromatic heterocycles. The normalized spacial score (nSPS) is 19.9. The summed E-state index contributed by atoms with van der Waals surface area (Å²) in [4.78, 5) is 10.6. The standard InChI is InChI=1S/C26H31F3N4/c1-31(2)21-8-10-25-23(16-21)22-15-18(3-9-24(22)30-25)17-32-11-13-33(14-12-32)20-6-4-19(5-7-20)26(27,28)29/h3-7,9,15,21,30H,8,10-14,16-17H2,1-2H3. The van der Waals surface area contributed by atoms with E-state index in [2.05, 4.69) is 52.0 Å². The second-order valence-electron chi connectivity index (χ2n) is 9.63. The molecule has 0 bridgehead atoms. The smallest absolute Gasteiger partial charge is 0.369 e. The summed E-state index contributed by atoms with van der Waals surface area (Å²) < 4.78 is 38.5. The topological polar surface area (TPSA) is 25.5 Å². The van der Waals surface area contributed by atoms with Crippen LogP contribution < -0.4 is 4.90 Å². The van der Waals surface area contributed by atoms with Crippen molar-refractivity contribution >= 4 is 16.6 Å². The molecule has 1 atom stereocenters. The maximum Gasteiger partial charge on any atom is 0.416 e. The third-order valence-electron chi connectivity index (χ3n) is 7.29. The molecule has 176 valence electrons. The summed E-state index contributed by atoms with van der Waals surface area (Å²) in [5.74, 6) is 0. The van der Waals surface area contributed by atoms with E-state index in [9.17, 15) is 13.2 Å². The summed E-state index contributed by atoms with van der Waals surface area (Å²) in [6, 6.07) is 12.9. The molecule has 1 N–H and O–H groups in total. The van der Waals surface area contributed by atoms with E-state index in [1.807, 2.05) is 0 Å². The number of aromatic amines is 1. The Kier molecular flexibility index (Phi) is 5.87. The Morgan fingerprint density at radius 3 is 2.39 bits per heavy atom. The second kappa shape index (κ2) is 8.69. The van der Waals surface area contributed by atoms with Gasteiger partial charge in [0.1, 0.15) is 0 Å². The van der Waals surface area contributed by atoms with Gasteiger partial charge in [0.2, 0.25) is 0 Å². The predicted octanol–water partition coefficient (Wildman–Crippen LogP) is 4.93. The fourth-order valence-corrected chi connectivity index (χ4v) is 5.27. The van der Waals surface area contributed by atoms with Gasteiger partial charge >= 0.3 is 6.18 Å². The second-order valence-corrected chi connectivity index (χ2v) is 9.63. The van der Waals surface area contributed by atoms with Crippen molar-refractivity contribution in [3.63, 3.8) is 0 Å². The van der Waals surface area contributed by atoms with Crippen LogP contribution in [0.5, 0.6) is 0 Å². The first-order valence-corrected chi connectivity index (χ1v) is 11.7. The van der Waals surface area contributed by atoms with Gasteiger partial charge in [-0.3, -0.25) is 4.90 Å². The number of hydrogen-bond donors (Lipinski definition) is 1. The number of nitrogens with one attached hydrogen (secondary N) is 1. The highest BCUT2D eigenvalue weighted by Crippen LogP contribution is 2.32. The van der Waals surface area contributed by atoms with E-state index in [1.165, 1.54) is 46.3 Å². The van der Waals surface area contributed by atoms with Gasteiger partial charge in [-0.05, 0) is 80.9 Å². The molecule has 1 saturated heterocycles. The average Bonchev–Trinajstić information content (AvgIpc) is 3.16. The van der Waals surface area contributed by atoms with Gasteiger partial charge in [-0.15, -0.1) is 0 Å². The monoisotopic (exact) mass is 456 g/mol. The molecule has 2 aliphatic rings. The van der Waals surface area contributed by atoms with Crippen LogP contribution in [0.3, 0.4) is 0 Å². The predicted molar refractivity (Wildman–Crippen MR) is 127 cm³/mol. The minimum atomic E-state index is -4.29. The fourth-order valence-electron chi connectivity index (χ4n) is 5.27. The third kappa shape index (κ3) is 4.62. The first-order valence-electron chi connectivity index (χ1n) is 11.7. The highest BCUT2D eigenvalue weighted by atomic mass is 19.4. The van der Waals surface area contributed by atoms with Crippen LogP contribution in [-0.2, 0) is 25.6 Å². The van der Waals surface area contributed by atoms with Gasteiger partial charge in [0.15, 0.2) is 0 Å². The first-order chi connectivity index (χ1) is 15.8. The molecule has 1 aliphatic heterocycles. The molecule has 3 aromatic rings. The number of fused-ring (bicyclic) bond motifs is 3. The quantitative estimate of drug-likeness (QED) is 0.603. The van der Waals surface area contributed by atoms with Crippen molar-refractivity contribution in [3.05, 3.63) is 64.8 Å². The van der Waals surface area contributed by atoms with E-state index in [1.54, 1.807) is 12.1 Å². The van der Waals surface area contributed by atoms with E-state index in [0.29, 0.717) is 6.04 Å². The number of hydrogen-bond acceptors (Lipinski definition) is 3. The Hall–Kier alpha value is -2.51. The molecule has 4 nitrogen and oxygen atoms in total. The summed E-state index contributed by atoms with van der Waals surface area (Å²) in [7, 11) is 4.33. The zero-order chi connectivity index (χ0) is 23.2. The number of nitrogens with zero attached hydrogens (tertiary/aromatic N) is 3. The lowest BCUT2D eigenvalue weighted by Gasteiger charge is -2.36. The Bertz CT molecular complexity index is 1110. The third-order valence-corrected chi connectivity index (χ3v) is 7.29. The van der Waals surface area contributed by atoms with E-state index in [4.69, 9.17) is 0 Å². The summed E-state index contributed by atoms with van der Waals surface area (Å²) in [6.07, 6.45) is -0.890. The fraction of sp³-hybridized carbons (Fsp3) is 0.462. The van der Waals surface area contributed by atoms with Crippen molar-refractivity contribution in [2.45, 2.75) is 38.0 Å². The molecule has 1 fully saturated rings. The van der Waals surface area contributed by atoms with Crippen molar-refractivity contribution in [3.8, 4) is 0 Å². The number of alkyl halides is 3. The Labute approximate surface area is 193 Å². The summed E-state index contributed by atoms with van der Waals surface area (Å²) in [5.41, 5.74) is 5.69. The lowest BCUT2D eigenvalue weighted by Crippen LogP contribution is -2.45. The molecule has 0 spiro atoms. The van der Waals surface area contributed by atoms with Gasteiger partial charge in [0.05, 0.1) is 5.56 Å². The van der Waals surface area contributed by atoms with Crippen molar-refractivity contribution in [1.82, 2.24) is 14.8 Å². The zero-order valence-electron chi connectivity index (χ0n) is 19.3. The number of aromatic nitrogens is 1. The highest BCUT2D eigenvalue weighted by Gasteiger charge is 2.30. The van der Waals surface area contributed by atoms with Crippen LogP contribution >= 0.6 is 0 Å². The van der Waals surface area contributed by atoms with Crippen LogP contribution in [0.4, 0.5) is 18.9 Å². The van der Waals surface area contributed by atoms with Gasteiger partial charge in [-0.2, -0.15) is 13.2 Å². The minimum absolute atomic E-state index is 0.593. The molecule has 5 rings (SSSR count). The van der Waals surface area contributed by atoms with E-state index < -0.39 is 11.7 Å². The molecule has 0 amide bonds. The summed E-state index contributed by atoms with van der Waals surface area (Å²) >= 11 is 0. The Morgan fingerprint density at radius 1 is 1.00 bits per heavy atom. The van der Waals surface area contributed by atoms with Crippen molar-refractivity contribution in [2.24, 2.45) is 0 Å². The van der Waals surface area contributed by atoms with Gasteiger partial charge in [-0.1, -0.05) is 6.07 Å². The minimum Gasteiger partial charge on any atom is -0.369 e. The van der Waals surface area contributed by atoms with Crippen LogP contribution in [0.25, 0.3) is 10.9 Å². The maximum atomic E-state index is 12.8. The first kappa shape index (κ1) is 22.3. The van der Waals surface area contributed by atoms with Crippen molar-refractivity contribution in [1.29, 1.82) is 0 Å². The van der Waals surface area contributed by atoms with Gasteiger partial charge in [0, 0.05) is 61.0 Å². The summed E-state index contributed by atoms with van der Waals surface area (Å²) in [6.45, 7) is 4.32. The van der Waals surface area contributed by atoms with Crippen LogP contribution in [0, 0.1) is 0 Å². The number of H-pyrrole nitrogens is 1. The zero-order valence-corrected chi connectivity index (χ0v) is 19.3. The maximum absolute atomic E-state index is 12.8. The number of anilines is 1. The molecular weight excluding hydrogens is 425 g/mol. The van der Waals surface area contributed by atoms with E-state index in [-0.39, 0.29) is 0 Å². The molecule has 33 heavy (non-hydrogen) atoms. The number of piperazine rings is 1. The number of aryl methyl sites for hydroxylation is 1. The van der Waals surface area contributed by atoms with Crippen molar-refractivity contribution < 1.29 is 13.2 Å². The molecule has 2 aromatic carbocycles. The molecule has 1 unspecified atom stereocenters. The van der Waals surface area contributed by atoms with Crippen LogP contribution in [0.1, 0.15) is 28.8 Å². The van der Waals surface area contributed by atoms with E-state index in [0.717, 1.165) is 51.3 Å². The van der Waals surface area contributed by atoms with Gasteiger partial charge < -0.3 is 14.8 Å². The average molecular weight is 457 g/mol. The SMILES string of the molecule is CN(C)C1CCc2[nH]c3ccc(CN4CCN(c5ccc(C(F)(F)F)cc5)CC4)cc3c2C1. The largest absolute Gasteiger partial charge is 0.416 e. The van der Waals surface area contributed by atoms with E-state index >= 15 is 0 Å². The van der Waals surface area contributed by atoms with Crippen LogP contribution in [0.15, 0.2) is 42.5 Å². The van der Waals surface area contributed by atoms with Crippen LogP contribution in [0.2, 0.25) is 0 Å². The van der Waals surface area contributed by atoms with Crippen LogP contribution in [-0.4, -0.2) is 61.1 Å². The lowest BCUT2D eigenvalue weighted by atomic mass is 9.90. The molecular formula is C26H31F3N4. The Morgan fingerprint density at radius 2 is 1.73 bits per heavy atom. The lowest BCUT2D eigenvalue weighted by molar-refractivity contribution is -0.137. The summed E-state index contributed by atoms with van der Waals surface area (Å²) in [5, 5.41) is 1.36. The molecule has 0 radical (unpaired) electrons. The Balaban J connectivity index is 1.24. The van der Waals surface area contributed by atoms with Crippen molar-refractivity contribution in [2.75, 3.05) is 45.2 Å². The molecule has 7 heteroatoms. The number of likely N-dealkylation sites (N-methyl/N-ethyl adjacent to an activating group) is 1. The number of halogens is 3. The van der Waals surface area contributed by atoms with Gasteiger partial charge in [-0.25, -0.2) is 0 Å². The molecule has 2 heterocycles. The number of rotatable bonds is 4.